The summed E-state index contributed by atoms with van der Waals surface area (Å²) in [4.78, 5) is 15.0. The molecule has 3 unspecified atom stereocenters. The third-order valence-corrected chi connectivity index (χ3v) is 5.28. The second kappa shape index (κ2) is 7.27. The zero-order valence-electron chi connectivity index (χ0n) is 13.8. The predicted molar refractivity (Wildman–Crippen MR) is 87.0 cm³/mol. The van der Waals surface area contributed by atoms with Gasteiger partial charge in [0.1, 0.15) is 6.04 Å². The highest BCUT2D eigenvalue weighted by atomic mass is 32.2. The van der Waals surface area contributed by atoms with Gasteiger partial charge in [-0.05, 0) is 38.1 Å². The van der Waals surface area contributed by atoms with Gasteiger partial charge in [0, 0.05) is 18.6 Å². The molecule has 2 aliphatic rings. The lowest BCUT2D eigenvalue weighted by molar-refractivity contribution is -0.124. The summed E-state index contributed by atoms with van der Waals surface area (Å²) in [5.41, 5.74) is 0. The SMILES string of the molecule is CC(C)CC(NS(C)(=O)=O)C(=O)NC1CCN2CCCCC12. The van der Waals surface area contributed by atoms with Gasteiger partial charge in [0.05, 0.1) is 6.26 Å². The number of piperidine rings is 1. The van der Waals surface area contributed by atoms with E-state index in [-0.39, 0.29) is 17.9 Å². The summed E-state index contributed by atoms with van der Waals surface area (Å²) in [6, 6.07) is -0.0907. The highest BCUT2D eigenvalue weighted by molar-refractivity contribution is 7.88. The Hall–Kier alpha value is -0.660. The first-order valence-electron chi connectivity index (χ1n) is 8.28. The van der Waals surface area contributed by atoms with Gasteiger partial charge >= 0.3 is 0 Å². The van der Waals surface area contributed by atoms with Gasteiger partial charge in [-0.15, -0.1) is 0 Å². The van der Waals surface area contributed by atoms with Crippen LogP contribution >= 0.6 is 0 Å². The highest BCUT2D eigenvalue weighted by Crippen LogP contribution is 2.27. The average molecular weight is 331 g/mol. The number of nitrogens with one attached hydrogen (secondary N) is 2. The molecule has 2 fully saturated rings. The standard InChI is InChI=1S/C15H29N3O3S/c1-11(2)10-13(17-22(3,20)21)15(19)16-12-7-9-18-8-5-4-6-14(12)18/h11-14,17H,4-10H2,1-3H3,(H,16,19). The maximum Gasteiger partial charge on any atom is 0.238 e. The van der Waals surface area contributed by atoms with E-state index in [1.807, 2.05) is 13.8 Å². The molecule has 0 aromatic rings. The minimum atomic E-state index is -3.39. The van der Waals surface area contributed by atoms with Gasteiger partial charge in [-0.1, -0.05) is 20.3 Å². The van der Waals surface area contributed by atoms with Crippen LogP contribution in [0.2, 0.25) is 0 Å². The summed E-state index contributed by atoms with van der Waals surface area (Å²) in [6.07, 6.45) is 6.16. The van der Waals surface area contributed by atoms with Crippen LogP contribution in [0.3, 0.4) is 0 Å². The molecule has 7 heteroatoms. The summed E-state index contributed by atoms with van der Waals surface area (Å²) < 4.78 is 25.5. The predicted octanol–water partition coefficient (Wildman–Crippen LogP) is 0.693. The molecular formula is C15H29N3O3S. The molecule has 2 saturated heterocycles. The molecule has 2 aliphatic heterocycles. The van der Waals surface area contributed by atoms with Gasteiger partial charge in [0.15, 0.2) is 0 Å². The van der Waals surface area contributed by atoms with E-state index in [1.165, 1.54) is 12.8 Å². The fourth-order valence-corrected chi connectivity index (χ4v) is 4.36. The van der Waals surface area contributed by atoms with Crippen LogP contribution in [0.1, 0.15) is 46.0 Å². The second-order valence-corrected chi connectivity index (χ2v) is 8.86. The minimum absolute atomic E-state index is 0.156. The van der Waals surface area contributed by atoms with Gasteiger partial charge < -0.3 is 5.32 Å². The topological polar surface area (TPSA) is 78.5 Å². The van der Waals surface area contributed by atoms with E-state index in [2.05, 4.69) is 14.9 Å². The van der Waals surface area contributed by atoms with Gasteiger partial charge in [0.25, 0.3) is 0 Å². The zero-order valence-corrected chi connectivity index (χ0v) is 14.7. The minimum Gasteiger partial charge on any atom is -0.350 e. The normalized spacial score (nSPS) is 27.6. The number of amides is 1. The fraction of sp³-hybridized carbons (Fsp3) is 0.933. The van der Waals surface area contributed by atoms with E-state index < -0.39 is 16.1 Å². The van der Waals surface area contributed by atoms with Crippen LogP contribution in [-0.4, -0.2) is 56.7 Å². The van der Waals surface area contributed by atoms with Crippen molar-refractivity contribution in [2.75, 3.05) is 19.3 Å². The Bertz CT molecular complexity index is 492. The van der Waals surface area contributed by atoms with Gasteiger partial charge in [-0.25, -0.2) is 13.1 Å². The van der Waals surface area contributed by atoms with Gasteiger partial charge in [-0.3, -0.25) is 9.69 Å². The Morgan fingerprint density at radius 3 is 2.59 bits per heavy atom. The van der Waals surface area contributed by atoms with Crippen molar-refractivity contribution >= 4 is 15.9 Å². The molecule has 0 radical (unpaired) electrons. The lowest BCUT2D eigenvalue weighted by atomic mass is 9.98. The van der Waals surface area contributed by atoms with Gasteiger partial charge in [-0.2, -0.15) is 0 Å². The molecule has 6 nitrogen and oxygen atoms in total. The summed E-state index contributed by atoms with van der Waals surface area (Å²) in [5.74, 6) is 0.0660. The smallest absolute Gasteiger partial charge is 0.238 e. The van der Waals surface area contributed by atoms with Crippen molar-refractivity contribution in [2.45, 2.75) is 64.1 Å². The number of carbonyl (C=O) groups excluding carboxylic acids is 1. The molecule has 2 rings (SSSR count). The number of sulfonamides is 1. The van der Waals surface area contributed by atoms with E-state index >= 15 is 0 Å². The summed E-state index contributed by atoms with van der Waals surface area (Å²) in [6.45, 7) is 6.13. The summed E-state index contributed by atoms with van der Waals surface area (Å²) >= 11 is 0. The molecule has 128 valence electrons. The third kappa shape index (κ3) is 4.93. The average Bonchev–Trinajstić information content (AvgIpc) is 2.79. The summed E-state index contributed by atoms with van der Waals surface area (Å²) in [7, 11) is -3.39. The van der Waals surface area contributed by atoms with Crippen molar-refractivity contribution in [3.8, 4) is 0 Å². The van der Waals surface area contributed by atoms with E-state index in [1.54, 1.807) is 0 Å². The number of fused-ring (bicyclic) bond motifs is 1. The van der Waals surface area contributed by atoms with Crippen LogP contribution in [-0.2, 0) is 14.8 Å². The van der Waals surface area contributed by atoms with Crippen LogP contribution in [0.15, 0.2) is 0 Å². The lowest BCUT2D eigenvalue weighted by Gasteiger charge is -2.33. The van der Waals surface area contributed by atoms with Crippen molar-refractivity contribution in [1.29, 1.82) is 0 Å². The third-order valence-electron chi connectivity index (χ3n) is 4.56. The first kappa shape index (κ1) is 17.7. The van der Waals surface area contributed by atoms with Crippen LogP contribution in [0.25, 0.3) is 0 Å². The first-order valence-corrected chi connectivity index (χ1v) is 10.2. The molecule has 0 bridgehead atoms. The fourth-order valence-electron chi connectivity index (χ4n) is 3.64. The van der Waals surface area contributed by atoms with E-state index in [4.69, 9.17) is 0 Å². The molecule has 0 aliphatic carbocycles. The zero-order chi connectivity index (χ0) is 16.3. The van der Waals surface area contributed by atoms with Crippen molar-refractivity contribution in [1.82, 2.24) is 14.9 Å². The van der Waals surface area contributed by atoms with Crippen LogP contribution in [0.4, 0.5) is 0 Å². The first-order chi connectivity index (χ1) is 10.3. The van der Waals surface area contributed by atoms with E-state index in [0.29, 0.717) is 12.5 Å². The molecule has 0 spiro atoms. The number of nitrogens with zero attached hydrogens (tertiary/aromatic N) is 1. The molecule has 0 saturated carbocycles. The molecule has 1 amide bonds. The molecular weight excluding hydrogens is 302 g/mol. The molecule has 22 heavy (non-hydrogen) atoms. The van der Waals surface area contributed by atoms with Crippen molar-refractivity contribution in [3.05, 3.63) is 0 Å². The molecule has 2 N–H and O–H groups in total. The second-order valence-electron chi connectivity index (χ2n) is 7.08. The van der Waals surface area contributed by atoms with Gasteiger partial charge in [0.2, 0.25) is 15.9 Å². The Balaban J connectivity index is 1.98. The van der Waals surface area contributed by atoms with Crippen molar-refractivity contribution in [2.24, 2.45) is 5.92 Å². The molecule has 0 aromatic carbocycles. The Morgan fingerprint density at radius 1 is 1.23 bits per heavy atom. The highest BCUT2D eigenvalue weighted by Gasteiger charge is 2.37. The number of carbonyl (C=O) groups is 1. The number of rotatable bonds is 6. The molecule has 0 aromatic heterocycles. The van der Waals surface area contributed by atoms with E-state index in [9.17, 15) is 13.2 Å². The van der Waals surface area contributed by atoms with Crippen LogP contribution in [0, 0.1) is 5.92 Å². The van der Waals surface area contributed by atoms with E-state index in [0.717, 1.165) is 32.2 Å². The monoisotopic (exact) mass is 331 g/mol. The quantitative estimate of drug-likeness (QED) is 0.751. The number of hydrogen-bond acceptors (Lipinski definition) is 4. The largest absolute Gasteiger partial charge is 0.350 e. The number of hydrogen-bond donors (Lipinski definition) is 2. The Kier molecular flexibility index (Phi) is 5.85. The van der Waals surface area contributed by atoms with Crippen LogP contribution < -0.4 is 10.0 Å². The molecule has 3 atom stereocenters. The lowest BCUT2D eigenvalue weighted by Crippen LogP contribution is -2.53. The maximum absolute atomic E-state index is 12.5. The van der Waals surface area contributed by atoms with Crippen molar-refractivity contribution < 1.29 is 13.2 Å². The summed E-state index contributed by atoms with van der Waals surface area (Å²) in [5, 5.41) is 3.10. The Labute approximate surface area is 134 Å². The van der Waals surface area contributed by atoms with Crippen LogP contribution in [0.5, 0.6) is 0 Å². The maximum atomic E-state index is 12.5. The molecule has 2 heterocycles. The Morgan fingerprint density at radius 2 is 1.95 bits per heavy atom. The van der Waals surface area contributed by atoms with Crippen molar-refractivity contribution in [3.63, 3.8) is 0 Å².